The molecule has 5 nitrogen and oxygen atoms in total. The Labute approximate surface area is 105 Å². The summed E-state index contributed by atoms with van der Waals surface area (Å²) >= 11 is 1.87. The van der Waals surface area contributed by atoms with Gasteiger partial charge < -0.3 is 15.7 Å². The lowest BCUT2D eigenvalue weighted by Gasteiger charge is -2.17. The topological polar surface area (TPSA) is 78.4 Å². The van der Waals surface area contributed by atoms with Crippen molar-refractivity contribution in [2.24, 2.45) is 5.92 Å². The minimum Gasteiger partial charge on any atom is -0.481 e. The first-order valence-corrected chi connectivity index (χ1v) is 7.04. The number of thioether (sulfide) groups is 1. The van der Waals surface area contributed by atoms with E-state index in [1.54, 1.807) is 6.92 Å². The van der Waals surface area contributed by atoms with Gasteiger partial charge in [-0.05, 0) is 12.8 Å². The fourth-order valence-electron chi connectivity index (χ4n) is 2.39. The van der Waals surface area contributed by atoms with Gasteiger partial charge in [0.05, 0.1) is 18.0 Å². The van der Waals surface area contributed by atoms with Crippen molar-refractivity contribution in [3.05, 3.63) is 0 Å². The Hall–Kier alpha value is -0.910. The molecule has 0 spiro atoms. The normalized spacial score (nSPS) is 32.8. The third-order valence-electron chi connectivity index (χ3n) is 3.49. The van der Waals surface area contributed by atoms with E-state index in [4.69, 9.17) is 5.11 Å². The van der Waals surface area contributed by atoms with Crippen molar-refractivity contribution in [1.29, 1.82) is 0 Å². The van der Waals surface area contributed by atoms with Crippen LogP contribution in [0.1, 0.15) is 26.2 Å². The van der Waals surface area contributed by atoms with Crippen LogP contribution in [0.4, 0.5) is 4.79 Å². The molecule has 2 amide bonds. The number of amides is 2. The zero-order valence-electron chi connectivity index (χ0n) is 9.81. The number of rotatable bonds is 5. The minimum atomic E-state index is -0.724. The van der Waals surface area contributed by atoms with Gasteiger partial charge in [0.25, 0.3) is 0 Å². The van der Waals surface area contributed by atoms with Crippen LogP contribution in [0.15, 0.2) is 0 Å². The fourth-order valence-corrected chi connectivity index (χ4v) is 3.94. The molecule has 0 aromatic heterocycles. The number of nitrogens with one attached hydrogen (secondary N) is 2. The summed E-state index contributed by atoms with van der Waals surface area (Å²) in [5, 5.41) is 15.1. The van der Waals surface area contributed by atoms with Gasteiger partial charge in [0.1, 0.15) is 0 Å². The van der Waals surface area contributed by atoms with Gasteiger partial charge in [-0.25, -0.2) is 4.79 Å². The van der Waals surface area contributed by atoms with Crippen molar-refractivity contribution in [2.75, 3.05) is 5.75 Å². The molecule has 2 rings (SSSR count). The first kappa shape index (κ1) is 12.5. The molecule has 0 saturated carbocycles. The average Bonchev–Trinajstić information content (AvgIpc) is 2.78. The van der Waals surface area contributed by atoms with E-state index in [1.165, 1.54) is 0 Å². The monoisotopic (exact) mass is 258 g/mol. The summed E-state index contributed by atoms with van der Waals surface area (Å²) in [5.41, 5.74) is 0. The van der Waals surface area contributed by atoms with Crippen LogP contribution in [0.5, 0.6) is 0 Å². The number of carbonyl (C=O) groups is 2. The van der Waals surface area contributed by atoms with Crippen LogP contribution < -0.4 is 10.6 Å². The summed E-state index contributed by atoms with van der Waals surface area (Å²) in [7, 11) is 0. The van der Waals surface area contributed by atoms with Crippen molar-refractivity contribution in [3.8, 4) is 0 Å². The molecule has 0 unspecified atom stereocenters. The van der Waals surface area contributed by atoms with Crippen LogP contribution in [0.2, 0.25) is 0 Å². The number of fused-ring (bicyclic) bond motifs is 1. The molecule has 6 heteroatoms. The zero-order chi connectivity index (χ0) is 12.4. The number of aliphatic carboxylic acids is 1. The maximum atomic E-state index is 11.2. The molecule has 0 bridgehead atoms. The van der Waals surface area contributed by atoms with E-state index < -0.39 is 5.97 Å². The van der Waals surface area contributed by atoms with Crippen molar-refractivity contribution in [3.63, 3.8) is 0 Å². The van der Waals surface area contributed by atoms with E-state index >= 15 is 0 Å². The molecule has 0 aliphatic carbocycles. The van der Waals surface area contributed by atoms with Crippen molar-refractivity contribution in [2.45, 2.75) is 43.5 Å². The Morgan fingerprint density at radius 1 is 1.59 bits per heavy atom. The largest absolute Gasteiger partial charge is 0.481 e. The number of carboxylic acid groups (broad SMARTS) is 1. The first-order valence-electron chi connectivity index (χ1n) is 5.99. The highest BCUT2D eigenvalue weighted by molar-refractivity contribution is 8.00. The molecule has 0 radical (unpaired) electrons. The van der Waals surface area contributed by atoms with Gasteiger partial charge in [-0.15, -0.1) is 0 Å². The molecule has 0 aromatic carbocycles. The first-order chi connectivity index (χ1) is 8.08. The second-order valence-electron chi connectivity index (χ2n) is 4.79. The van der Waals surface area contributed by atoms with Crippen LogP contribution >= 0.6 is 11.8 Å². The van der Waals surface area contributed by atoms with E-state index in [0.717, 1.165) is 18.6 Å². The summed E-state index contributed by atoms with van der Waals surface area (Å²) in [5.74, 6) is -0.0333. The number of carbonyl (C=O) groups excluding carboxylic acids is 1. The molecule has 2 aliphatic heterocycles. The van der Waals surface area contributed by atoms with E-state index in [-0.39, 0.29) is 24.0 Å². The maximum absolute atomic E-state index is 11.2. The quantitative estimate of drug-likeness (QED) is 0.644. The Bertz CT molecular complexity index is 324. The van der Waals surface area contributed by atoms with Crippen LogP contribution in [0.25, 0.3) is 0 Å². The molecule has 96 valence electrons. The fraction of sp³-hybridized carbons (Fsp3) is 0.818. The van der Waals surface area contributed by atoms with Crippen molar-refractivity contribution < 1.29 is 14.7 Å². The van der Waals surface area contributed by atoms with Crippen molar-refractivity contribution >= 4 is 23.8 Å². The highest BCUT2D eigenvalue weighted by atomic mass is 32.2. The molecule has 17 heavy (non-hydrogen) atoms. The molecule has 0 aromatic rings. The number of hydrogen-bond donors (Lipinski definition) is 3. The van der Waals surface area contributed by atoms with Gasteiger partial charge in [-0.1, -0.05) is 13.3 Å². The van der Waals surface area contributed by atoms with Crippen LogP contribution in [0.3, 0.4) is 0 Å². The molecule has 4 atom stereocenters. The third-order valence-corrected chi connectivity index (χ3v) is 4.99. The Balaban J connectivity index is 1.73. The predicted octanol–water partition coefficient (Wildman–Crippen LogP) is 1.04. The Morgan fingerprint density at radius 3 is 3.06 bits per heavy atom. The Kier molecular flexibility index (Phi) is 3.81. The van der Waals surface area contributed by atoms with Crippen LogP contribution in [-0.4, -0.2) is 40.2 Å². The standard InChI is InChI=1S/C11H18N2O3S/c1-6(10(14)15)3-2-4-8-9-7(5-17-8)12-11(16)13-9/h6-9H,2-5H2,1H3,(H,14,15)(H2,12,13,16)/t6-,7+,8-,9+/m0/s1. The molecule has 2 heterocycles. The summed E-state index contributed by atoms with van der Waals surface area (Å²) in [6, 6.07) is 0.422. The van der Waals surface area contributed by atoms with Gasteiger partial charge >= 0.3 is 12.0 Å². The maximum Gasteiger partial charge on any atom is 0.315 e. The third kappa shape index (κ3) is 2.86. The van der Waals surface area contributed by atoms with Gasteiger partial charge in [-0.3, -0.25) is 4.79 Å². The second kappa shape index (κ2) is 5.16. The highest BCUT2D eigenvalue weighted by Crippen LogP contribution is 2.33. The zero-order valence-corrected chi connectivity index (χ0v) is 10.6. The molecule has 2 saturated heterocycles. The molecular formula is C11H18N2O3S. The SMILES string of the molecule is C[C@@H](CCC[C@@H]1SC[C@H]2NC(=O)N[C@@H]12)C(=O)O. The molecule has 2 aliphatic rings. The lowest BCUT2D eigenvalue weighted by molar-refractivity contribution is -0.141. The van der Waals surface area contributed by atoms with Crippen LogP contribution in [0, 0.1) is 5.92 Å². The van der Waals surface area contributed by atoms with E-state index in [1.807, 2.05) is 11.8 Å². The summed E-state index contributed by atoms with van der Waals surface area (Å²) in [4.78, 5) is 21.8. The highest BCUT2D eigenvalue weighted by Gasteiger charge is 2.42. The van der Waals surface area contributed by atoms with Gasteiger partial charge in [0.2, 0.25) is 0 Å². The van der Waals surface area contributed by atoms with Crippen LogP contribution in [-0.2, 0) is 4.79 Å². The molecule has 2 fully saturated rings. The lowest BCUT2D eigenvalue weighted by Crippen LogP contribution is -2.36. The lowest BCUT2D eigenvalue weighted by atomic mass is 9.99. The van der Waals surface area contributed by atoms with Gasteiger partial charge in [-0.2, -0.15) is 11.8 Å². The second-order valence-corrected chi connectivity index (χ2v) is 6.06. The molecular weight excluding hydrogens is 240 g/mol. The van der Waals surface area contributed by atoms with E-state index in [0.29, 0.717) is 11.7 Å². The van der Waals surface area contributed by atoms with E-state index in [9.17, 15) is 9.59 Å². The Morgan fingerprint density at radius 2 is 2.35 bits per heavy atom. The van der Waals surface area contributed by atoms with Crippen molar-refractivity contribution in [1.82, 2.24) is 10.6 Å². The minimum absolute atomic E-state index is 0.0656. The smallest absolute Gasteiger partial charge is 0.315 e. The van der Waals surface area contributed by atoms with Gasteiger partial charge in [0, 0.05) is 11.0 Å². The summed E-state index contributed by atoms with van der Waals surface area (Å²) < 4.78 is 0. The average molecular weight is 258 g/mol. The summed E-state index contributed by atoms with van der Waals surface area (Å²) in [6.45, 7) is 1.74. The number of carboxylic acids is 1. The number of hydrogen-bond acceptors (Lipinski definition) is 3. The molecule has 3 N–H and O–H groups in total. The van der Waals surface area contributed by atoms with Gasteiger partial charge in [0.15, 0.2) is 0 Å². The number of urea groups is 1. The van der Waals surface area contributed by atoms with E-state index in [2.05, 4.69) is 10.6 Å². The predicted molar refractivity (Wildman–Crippen MR) is 66.1 cm³/mol. The summed E-state index contributed by atoms with van der Waals surface area (Å²) in [6.07, 6.45) is 2.60.